The Hall–Kier alpha value is 0.0700. The van der Waals surface area contributed by atoms with Crippen molar-refractivity contribution >= 4 is 10.8 Å². The number of hydrogen-bond acceptors (Lipinski definition) is 3. The number of nitrogens with two attached hydrogens (primary N) is 1. The molecule has 0 saturated carbocycles. The molecule has 0 fully saturated rings. The Balaban J connectivity index is 3.54. The van der Waals surface area contributed by atoms with Crippen molar-refractivity contribution < 1.29 is 8.95 Å². The molecule has 0 aromatic heterocycles. The zero-order chi connectivity index (χ0) is 9.56. The summed E-state index contributed by atoms with van der Waals surface area (Å²) in [5.74, 6) is 1.58. The van der Waals surface area contributed by atoms with Crippen molar-refractivity contribution in [2.24, 2.45) is 11.7 Å². The highest BCUT2D eigenvalue weighted by molar-refractivity contribution is 7.85. The molecular formula is C8H19NO2S. The largest absolute Gasteiger partial charge is 0.384 e. The van der Waals surface area contributed by atoms with Crippen LogP contribution in [0.15, 0.2) is 0 Å². The molecular weight excluding hydrogens is 174 g/mol. The second-order valence-corrected chi connectivity index (χ2v) is 4.83. The zero-order valence-electron chi connectivity index (χ0n) is 8.08. The molecule has 0 amide bonds. The van der Waals surface area contributed by atoms with E-state index in [4.69, 9.17) is 10.5 Å². The smallest absolute Gasteiger partial charge is 0.0577 e. The summed E-state index contributed by atoms with van der Waals surface area (Å²) < 4.78 is 16.1. The van der Waals surface area contributed by atoms with Gasteiger partial charge in [-0.2, -0.15) is 0 Å². The number of hydrogen-bond donors (Lipinski definition) is 1. The van der Waals surface area contributed by atoms with E-state index in [1.165, 1.54) is 0 Å². The molecule has 3 nitrogen and oxygen atoms in total. The molecule has 2 atom stereocenters. The maximum Gasteiger partial charge on any atom is 0.0577 e. The lowest BCUT2D eigenvalue weighted by Crippen LogP contribution is -2.33. The summed E-state index contributed by atoms with van der Waals surface area (Å²) in [6.45, 7) is 4.63. The predicted molar refractivity (Wildman–Crippen MR) is 52.6 cm³/mol. The van der Waals surface area contributed by atoms with Crippen molar-refractivity contribution in [3.63, 3.8) is 0 Å². The Morgan fingerprint density at radius 2 is 2.08 bits per heavy atom. The minimum Gasteiger partial charge on any atom is -0.384 e. The van der Waals surface area contributed by atoms with Crippen LogP contribution in [-0.4, -0.2) is 35.5 Å². The van der Waals surface area contributed by atoms with Crippen LogP contribution in [0.2, 0.25) is 0 Å². The molecule has 0 radical (unpaired) electrons. The van der Waals surface area contributed by atoms with E-state index < -0.39 is 10.8 Å². The molecule has 0 aliphatic carbocycles. The minimum atomic E-state index is -0.821. The highest BCUT2D eigenvalue weighted by Crippen LogP contribution is 2.00. The summed E-state index contributed by atoms with van der Waals surface area (Å²) in [6.07, 6.45) is 0. The molecule has 0 heterocycles. The third-order valence-electron chi connectivity index (χ3n) is 1.75. The van der Waals surface area contributed by atoms with Gasteiger partial charge in [0.15, 0.2) is 0 Å². The molecule has 0 aromatic carbocycles. The molecule has 12 heavy (non-hydrogen) atoms. The quantitative estimate of drug-likeness (QED) is 0.663. The summed E-state index contributed by atoms with van der Waals surface area (Å²) in [4.78, 5) is 0. The lowest BCUT2D eigenvalue weighted by molar-refractivity contribution is 0.218. The van der Waals surface area contributed by atoms with Crippen LogP contribution < -0.4 is 5.73 Å². The molecule has 0 saturated heterocycles. The van der Waals surface area contributed by atoms with Gasteiger partial charge in [-0.3, -0.25) is 4.21 Å². The van der Waals surface area contributed by atoms with E-state index in [2.05, 4.69) is 0 Å². The first-order valence-electron chi connectivity index (χ1n) is 4.17. The molecule has 0 spiro atoms. The van der Waals surface area contributed by atoms with E-state index >= 15 is 0 Å². The maximum absolute atomic E-state index is 11.3. The SMILES string of the molecule is COCCS(=O)CC(N)C(C)C. The van der Waals surface area contributed by atoms with Crippen molar-refractivity contribution in [3.05, 3.63) is 0 Å². The Morgan fingerprint density at radius 3 is 2.50 bits per heavy atom. The Bertz CT molecular complexity index is 139. The summed E-state index contributed by atoms with van der Waals surface area (Å²) >= 11 is 0. The first-order chi connectivity index (χ1) is 5.57. The van der Waals surface area contributed by atoms with Crippen LogP contribution in [0.3, 0.4) is 0 Å². The van der Waals surface area contributed by atoms with Gasteiger partial charge in [0, 0.05) is 35.5 Å². The zero-order valence-corrected chi connectivity index (χ0v) is 8.89. The molecule has 0 bridgehead atoms. The standard InChI is InChI=1S/C8H19NO2S/c1-7(2)8(9)6-12(10)5-4-11-3/h7-8H,4-6,9H2,1-3H3. The summed E-state index contributed by atoms with van der Waals surface area (Å²) in [5, 5.41) is 0. The predicted octanol–water partition coefficient (Wildman–Crippen LogP) is 0.365. The van der Waals surface area contributed by atoms with E-state index in [9.17, 15) is 4.21 Å². The third kappa shape index (κ3) is 5.69. The highest BCUT2D eigenvalue weighted by atomic mass is 32.2. The van der Waals surface area contributed by atoms with Crippen LogP contribution in [0, 0.1) is 5.92 Å². The van der Waals surface area contributed by atoms with Crippen LogP contribution in [-0.2, 0) is 15.5 Å². The van der Waals surface area contributed by atoms with Gasteiger partial charge in [-0.1, -0.05) is 13.8 Å². The molecule has 0 aromatic rings. The molecule has 0 aliphatic rings. The van der Waals surface area contributed by atoms with E-state index in [0.29, 0.717) is 24.0 Å². The lowest BCUT2D eigenvalue weighted by Gasteiger charge is -2.14. The Labute approximate surface area is 77.1 Å². The molecule has 2 unspecified atom stereocenters. The molecule has 0 aliphatic heterocycles. The van der Waals surface area contributed by atoms with Gasteiger partial charge in [0.05, 0.1) is 6.61 Å². The Morgan fingerprint density at radius 1 is 1.50 bits per heavy atom. The topological polar surface area (TPSA) is 52.3 Å². The van der Waals surface area contributed by atoms with Gasteiger partial charge in [0.25, 0.3) is 0 Å². The van der Waals surface area contributed by atoms with Crippen LogP contribution >= 0.6 is 0 Å². The molecule has 0 rings (SSSR count). The first kappa shape index (κ1) is 12.1. The average molecular weight is 193 g/mol. The second kappa shape index (κ2) is 6.57. The molecule has 2 N–H and O–H groups in total. The van der Waals surface area contributed by atoms with Crippen LogP contribution in [0.25, 0.3) is 0 Å². The summed E-state index contributed by atoms with van der Waals surface area (Å²) in [5.41, 5.74) is 5.76. The Kier molecular flexibility index (Phi) is 6.61. The number of methoxy groups -OCH3 is 1. The highest BCUT2D eigenvalue weighted by Gasteiger charge is 2.11. The van der Waals surface area contributed by atoms with E-state index in [1.807, 2.05) is 13.8 Å². The first-order valence-corrected chi connectivity index (χ1v) is 5.66. The van der Waals surface area contributed by atoms with Crippen LogP contribution in [0.4, 0.5) is 0 Å². The van der Waals surface area contributed by atoms with Gasteiger partial charge in [-0.25, -0.2) is 0 Å². The van der Waals surface area contributed by atoms with Gasteiger partial charge in [-0.05, 0) is 5.92 Å². The third-order valence-corrected chi connectivity index (χ3v) is 3.13. The van der Waals surface area contributed by atoms with Gasteiger partial charge in [0.2, 0.25) is 0 Å². The normalized spacial score (nSPS) is 16.4. The van der Waals surface area contributed by atoms with E-state index in [1.54, 1.807) is 7.11 Å². The van der Waals surface area contributed by atoms with Crippen molar-refractivity contribution in [2.45, 2.75) is 19.9 Å². The van der Waals surface area contributed by atoms with Crippen molar-refractivity contribution in [2.75, 3.05) is 25.2 Å². The van der Waals surface area contributed by atoms with Crippen molar-refractivity contribution in [1.82, 2.24) is 0 Å². The van der Waals surface area contributed by atoms with Crippen LogP contribution in [0.1, 0.15) is 13.8 Å². The fourth-order valence-corrected chi connectivity index (χ4v) is 2.00. The van der Waals surface area contributed by atoms with Gasteiger partial charge in [-0.15, -0.1) is 0 Å². The van der Waals surface area contributed by atoms with E-state index in [-0.39, 0.29) is 6.04 Å². The van der Waals surface area contributed by atoms with Crippen molar-refractivity contribution in [1.29, 1.82) is 0 Å². The van der Waals surface area contributed by atoms with Gasteiger partial charge in [0.1, 0.15) is 0 Å². The molecule has 4 heteroatoms. The minimum absolute atomic E-state index is 0.0442. The number of ether oxygens (including phenoxy) is 1. The molecule has 74 valence electrons. The second-order valence-electron chi connectivity index (χ2n) is 3.21. The van der Waals surface area contributed by atoms with E-state index in [0.717, 1.165) is 0 Å². The van der Waals surface area contributed by atoms with Gasteiger partial charge < -0.3 is 10.5 Å². The maximum atomic E-state index is 11.3. The van der Waals surface area contributed by atoms with Crippen LogP contribution in [0.5, 0.6) is 0 Å². The average Bonchev–Trinajstić information content (AvgIpc) is 2.00. The van der Waals surface area contributed by atoms with Crippen molar-refractivity contribution in [3.8, 4) is 0 Å². The fourth-order valence-electron chi connectivity index (χ4n) is 0.667. The number of rotatable bonds is 6. The lowest BCUT2D eigenvalue weighted by atomic mass is 10.1. The monoisotopic (exact) mass is 193 g/mol. The fraction of sp³-hybridized carbons (Fsp3) is 1.00. The summed E-state index contributed by atoms with van der Waals surface area (Å²) in [6, 6.07) is 0.0442. The van der Waals surface area contributed by atoms with Gasteiger partial charge >= 0.3 is 0 Å². The summed E-state index contributed by atoms with van der Waals surface area (Å²) in [7, 11) is 0.790.